The van der Waals surface area contributed by atoms with E-state index in [1.807, 2.05) is 37.6 Å². The smallest absolute Gasteiger partial charge is 0.191 e. The minimum atomic E-state index is 0. The van der Waals surface area contributed by atoms with Crippen LogP contribution in [0.15, 0.2) is 29.3 Å². The van der Waals surface area contributed by atoms with Crippen molar-refractivity contribution in [3.8, 4) is 0 Å². The van der Waals surface area contributed by atoms with Gasteiger partial charge < -0.3 is 19.9 Å². The minimum absolute atomic E-state index is 0. The molecule has 3 rings (SSSR count). The highest BCUT2D eigenvalue weighted by Crippen LogP contribution is 2.48. The molecule has 0 bridgehead atoms. The third-order valence-corrected chi connectivity index (χ3v) is 5.64. The summed E-state index contributed by atoms with van der Waals surface area (Å²) in [7, 11) is 1.96. The lowest BCUT2D eigenvalue weighted by Gasteiger charge is -2.19. The number of nitrogens with zero attached hydrogens (tertiary/aromatic N) is 4. The molecule has 1 aliphatic rings. The van der Waals surface area contributed by atoms with Crippen molar-refractivity contribution in [1.29, 1.82) is 0 Å². The van der Waals surface area contributed by atoms with Gasteiger partial charge in [-0.25, -0.2) is 4.99 Å². The Kier molecular flexibility index (Phi) is 9.83. The Balaban J connectivity index is 0.00000320. The van der Waals surface area contributed by atoms with Crippen LogP contribution < -0.4 is 10.6 Å². The van der Waals surface area contributed by atoms with Gasteiger partial charge in [-0.1, -0.05) is 23.7 Å². The van der Waals surface area contributed by atoms with E-state index in [1.54, 1.807) is 0 Å². The minimum Gasteiger partial charge on any atom is -0.382 e. The molecule has 7 nitrogen and oxygen atoms in total. The molecule has 1 fully saturated rings. The molecular weight excluding hydrogens is 515 g/mol. The largest absolute Gasteiger partial charge is 0.382 e. The number of ether oxygens (including phenoxy) is 1. The molecule has 0 saturated heterocycles. The molecule has 9 heteroatoms. The first kappa shape index (κ1) is 24.9. The van der Waals surface area contributed by atoms with Crippen LogP contribution in [0.3, 0.4) is 0 Å². The molecular formula is C21H32ClIN6O. The summed E-state index contributed by atoms with van der Waals surface area (Å²) in [6.07, 6.45) is 3.23. The van der Waals surface area contributed by atoms with Crippen LogP contribution in [0.4, 0.5) is 0 Å². The predicted molar refractivity (Wildman–Crippen MR) is 132 cm³/mol. The number of guanidine groups is 1. The number of rotatable bonds is 10. The van der Waals surface area contributed by atoms with Crippen LogP contribution in [0.25, 0.3) is 0 Å². The van der Waals surface area contributed by atoms with Crippen LogP contribution in [0.1, 0.15) is 43.4 Å². The molecule has 2 N–H and O–H groups in total. The number of nitrogens with one attached hydrogen (secondary N) is 2. The van der Waals surface area contributed by atoms with Gasteiger partial charge in [0.25, 0.3) is 0 Å². The standard InChI is InChI=1S/C21H31ClN6O.HI/c1-4-29-12-6-11-23-20(24-14-19-27-26-16(2)28(19)3)25-15-21(9-10-21)17-7-5-8-18(22)13-17;/h5,7-8,13H,4,6,9-12,14-15H2,1-3H3,(H2,23,24,25);1H. The van der Waals surface area contributed by atoms with Gasteiger partial charge in [-0.15, -0.1) is 34.2 Å². The monoisotopic (exact) mass is 546 g/mol. The van der Waals surface area contributed by atoms with E-state index < -0.39 is 0 Å². The maximum atomic E-state index is 6.20. The maximum Gasteiger partial charge on any atom is 0.191 e. The third kappa shape index (κ3) is 6.81. The van der Waals surface area contributed by atoms with Crippen LogP contribution in [0.5, 0.6) is 0 Å². The molecule has 1 aromatic carbocycles. The normalized spacial score (nSPS) is 14.9. The second kappa shape index (κ2) is 11.9. The third-order valence-electron chi connectivity index (χ3n) is 5.41. The van der Waals surface area contributed by atoms with Crippen LogP contribution in [0, 0.1) is 6.92 Å². The van der Waals surface area contributed by atoms with E-state index in [2.05, 4.69) is 33.0 Å². The highest BCUT2D eigenvalue weighted by Gasteiger charge is 2.44. The number of benzene rings is 1. The van der Waals surface area contributed by atoms with Crippen molar-refractivity contribution in [2.75, 3.05) is 26.3 Å². The van der Waals surface area contributed by atoms with Crippen molar-refractivity contribution in [2.24, 2.45) is 12.0 Å². The average Bonchev–Trinajstić information content (AvgIpc) is 3.45. The Hall–Kier alpha value is -1.39. The van der Waals surface area contributed by atoms with Crippen molar-refractivity contribution in [1.82, 2.24) is 25.4 Å². The van der Waals surface area contributed by atoms with Gasteiger partial charge >= 0.3 is 0 Å². The van der Waals surface area contributed by atoms with Crippen LogP contribution in [0.2, 0.25) is 5.02 Å². The molecule has 0 unspecified atom stereocenters. The fourth-order valence-electron chi connectivity index (χ4n) is 3.23. The van der Waals surface area contributed by atoms with Crippen molar-refractivity contribution in [3.05, 3.63) is 46.5 Å². The molecule has 0 amide bonds. The topological polar surface area (TPSA) is 76.4 Å². The van der Waals surface area contributed by atoms with E-state index >= 15 is 0 Å². The van der Waals surface area contributed by atoms with Crippen LogP contribution in [-0.4, -0.2) is 47.0 Å². The molecule has 166 valence electrons. The molecule has 1 saturated carbocycles. The number of aryl methyl sites for hydroxylation is 1. The predicted octanol–water partition coefficient (Wildman–Crippen LogP) is 3.59. The molecule has 2 aromatic rings. The Morgan fingerprint density at radius 2 is 2.10 bits per heavy atom. The quantitative estimate of drug-likeness (QED) is 0.206. The molecule has 1 aliphatic carbocycles. The summed E-state index contributed by atoms with van der Waals surface area (Å²) in [5.74, 6) is 2.51. The maximum absolute atomic E-state index is 6.20. The summed E-state index contributed by atoms with van der Waals surface area (Å²) in [6, 6.07) is 8.18. The lowest BCUT2D eigenvalue weighted by atomic mass is 9.96. The molecule has 0 radical (unpaired) electrons. The lowest BCUT2D eigenvalue weighted by Crippen LogP contribution is -2.42. The Labute approximate surface area is 201 Å². The summed E-state index contributed by atoms with van der Waals surface area (Å²) in [4.78, 5) is 4.73. The highest BCUT2D eigenvalue weighted by atomic mass is 127. The number of hydrogen-bond acceptors (Lipinski definition) is 4. The Bertz CT molecular complexity index is 837. The van der Waals surface area contributed by atoms with Crippen molar-refractivity contribution >= 4 is 41.5 Å². The zero-order valence-corrected chi connectivity index (χ0v) is 21.0. The van der Waals surface area contributed by atoms with E-state index in [1.165, 1.54) is 5.56 Å². The van der Waals surface area contributed by atoms with E-state index in [-0.39, 0.29) is 29.4 Å². The van der Waals surface area contributed by atoms with Crippen molar-refractivity contribution < 1.29 is 4.74 Å². The summed E-state index contributed by atoms with van der Waals surface area (Å²) in [5, 5.41) is 16.0. The van der Waals surface area contributed by atoms with Gasteiger partial charge in [-0.05, 0) is 50.8 Å². The van der Waals surface area contributed by atoms with Gasteiger partial charge in [0, 0.05) is 43.8 Å². The SMILES string of the molecule is CCOCCCNC(=NCc1nnc(C)n1C)NCC1(c2cccc(Cl)c2)CC1.I. The van der Waals surface area contributed by atoms with Crippen molar-refractivity contribution in [3.63, 3.8) is 0 Å². The summed E-state index contributed by atoms with van der Waals surface area (Å²) in [6.45, 7) is 7.53. The second-order valence-corrected chi connectivity index (χ2v) is 7.95. The lowest BCUT2D eigenvalue weighted by molar-refractivity contribution is 0.145. The van der Waals surface area contributed by atoms with Gasteiger partial charge in [-0.3, -0.25) is 0 Å². The molecule has 30 heavy (non-hydrogen) atoms. The molecule has 1 aromatic heterocycles. The van der Waals surface area contributed by atoms with Crippen LogP contribution in [-0.2, 0) is 23.7 Å². The van der Waals surface area contributed by atoms with Gasteiger partial charge in [0.15, 0.2) is 11.8 Å². The summed E-state index contributed by atoms with van der Waals surface area (Å²) in [5.41, 5.74) is 1.43. The first-order valence-electron chi connectivity index (χ1n) is 10.2. The fraction of sp³-hybridized carbons (Fsp3) is 0.571. The molecule has 0 atom stereocenters. The fourth-order valence-corrected chi connectivity index (χ4v) is 3.42. The van der Waals surface area contributed by atoms with Gasteiger partial charge in [-0.2, -0.15) is 0 Å². The van der Waals surface area contributed by atoms with E-state index in [4.69, 9.17) is 21.3 Å². The van der Waals surface area contributed by atoms with Gasteiger partial charge in [0.2, 0.25) is 0 Å². The Morgan fingerprint density at radius 3 is 2.73 bits per heavy atom. The highest BCUT2D eigenvalue weighted by molar-refractivity contribution is 14.0. The van der Waals surface area contributed by atoms with Crippen molar-refractivity contribution in [2.45, 2.75) is 45.1 Å². The number of halogens is 2. The van der Waals surface area contributed by atoms with Gasteiger partial charge in [0.1, 0.15) is 12.4 Å². The summed E-state index contributed by atoms with van der Waals surface area (Å²) >= 11 is 6.20. The summed E-state index contributed by atoms with van der Waals surface area (Å²) < 4.78 is 7.38. The van der Waals surface area contributed by atoms with E-state index in [0.29, 0.717) is 6.54 Å². The number of aromatic nitrogens is 3. The molecule has 0 spiro atoms. The zero-order chi connectivity index (χ0) is 20.7. The molecule has 1 heterocycles. The van der Waals surface area contributed by atoms with E-state index in [9.17, 15) is 0 Å². The first-order valence-corrected chi connectivity index (χ1v) is 10.6. The number of hydrogen-bond donors (Lipinski definition) is 2. The molecule has 0 aliphatic heterocycles. The second-order valence-electron chi connectivity index (χ2n) is 7.51. The van der Waals surface area contributed by atoms with Crippen LogP contribution >= 0.6 is 35.6 Å². The average molecular weight is 547 g/mol. The van der Waals surface area contributed by atoms with Gasteiger partial charge in [0.05, 0.1) is 0 Å². The van der Waals surface area contributed by atoms with E-state index in [0.717, 1.165) is 68.2 Å². The zero-order valence-electron chi connectivity index (χ0n) is 17.9. The Morgan fingerprint density at radius 1 is 1.30 bits per heavy atom. The first-order chi connectivity index (χ1) is 14.0. The number of aliphatic imine (C=N–C) groups is 1.